The van der Waals surface area contributed by atoms with E-state index in [1.807, 2.05) is 12.1 Å². The Kier molecular flexibility index (Phi) is 3.12. The molecule has 0 radical (unpaired) electrons. The quantitative estimate of drug-likeness (QED) is 0.873. The number of aromatic nitrogens is 3. The van der Waals surface area contributed by atoms with Crippen LogP contribution in [0, 0.1) is 11.3 Å². The normalized spacial score (nSPS) is 20.7. The minimum absolute atomic E-state index is 0.0525. The van der Waals surface area contributed by atoms with Crippen LogP contribution < -0.4 is 5.32 Å². The van der Waals surface area contributed by atoms with Crippen LogP contribution in [0.15, 0.2) is 18.3 Å². The number of anilines is 1. The smallest absolute Gasteiger partial charge is 0.168 e. The third-order valence-corrected chi connectivity index (χ3v) is 4.95. The average Bonchev–Trinajstić information content (AvgIpc) is 3.07. The van der Waals surface area contributed by atoms with Crippen LogP contribution in [0.2, 0.25) is 0 Å². The van der Waals surface area contributed by atoms with Crippen LogP contribution in [0.4, 0.5) is 5.82 Å². The van der Waals surface area contributed by atoms with E-state index in [0.717, 1.165) is 42.0 Å². The van der Waals surface area contributed by atoms with E-state index in [1.54, 1.807) is 4.52 Å². The first kappa shape index (κ1) is 13.3. The van der Waals surface area contributed by atoms with Gasteiger partial charge in [0, 0.05) is 17.0 Å². The first-order valence-corrected chi connectivity index (χ1v) is 8.04. The lowest BCUT2D eigenvalue weighted by atomic mass is 10.2. The number of rotatable bonds is 4. The fourth-order valence-electron chi connectivity index (χ4n) is 2.44. The molecule has 6 nitrogen and oxygen atoms in total. The van der Waals surface area contributed by atoms with Gasteiger partial charge in [-0.05, 0) is 19.3 Å². The van der Waals surface area contributed by atoms with Crippen molar-refractivity contribution < 1.29 is 4.79 Å². The molecule has 1 aliphatic carbocycles. The zero-order chi connectivity index (χ0) is 15.1. The van der Waals surface area contributed by atoms with Crippen LogP contribution >= 0.6 is 11.8 Å². The highest BCUT2D eigenvalue weighted by atomic mass is 32.2. The number of hydrogen-bond donors (Lipinski definition) is 1. The zero-order valence-electron chi connectivity index (χ0n) is 11.7. The number of nitrogens with one attached hydrogen (secondary N) is 1. The lowest BCUT2D eigenvalue weighted by Crippen LogP contribution is -2.09. The number of fused-ring (bicyclic) bond motifs is 1. The maximum absolute atomic E-state index is 11.2. The highest BCUT2D eigenvalue weighted by molar-refractivity contribution is 8.09. The highest BCUT2D eigenvalue weighted by Gasteiger charge is 2.25. The van der Waals surface area contributed by atoms with Crippen LogP contribution in [-0.4, -0.2) is 32.2 Å². The molecule has 0 aromatic carbocycles. The summed E-state index contributed by atoms with van der Waals surface area (Å²) in [5.41, 5.74) is 1.82. The molecule has 4 rings (SSSR count). The third-order valence-electron chi connectivity index (χ3n) is 3.74. The first-order valence-electron chi connectivity index (χ1n) is 7.16. The van der Waals surface area contributed by atoms with Crippen molar-refractivity contribution in [1.29, 1.82) is 5.26 Å². The van der Waals surface area contributed by atoms with Gasteiger partial charge in [0.25, 0.3) is 0 Å². The van der Waals surface area contributed by atoms with Crippen LogP contribution in [0.25, 0.3) is 10.6 Å². The number of nitrogens with zero attached hydrogens (tertiary/aromatic N) is 4. The summed E-state index contributed by atoms with van der Waals surface area (Å²) in [5.74, 6) is 0.845. The molecule has 22 heavy (non-hydrogen) atoms. The van der Waals surface area contributed by atoms with Gasteiger partial charge in [-0.1, -0.05) is 6.08 Å². The predicted molar refractivity (Wildman–Crippen MR) is 84.6 cm³/mol. The molecule has 0 saturated heterocycles. The molecular formula is C15H13N5OS. The maximum atomic E-state index is 11.2. The maximum Gasteiger partial charge on any atom is 0.168 e. The Morgan fingerprint density at radius 3 is 3.05 bits per heavy atom. The van der Waals surface area contributed by atoms with Gasteiger partial charge in [0.2, 0.25) is 0 Å². The van der Waals surface area contributed by atoms with Gasteiger partial charge in [0.15, 0.2) is 11.9 Å². The Morgan fingerprint density at radius 1 is 1.50 bits per heavy atom. The Bertz CT molecular complexity index is 830. The van der Waals surface area contributed by atoms with Crippen LogP contribution in [0.1, 0.15) is 35.3 Å². The molecule has 0 amide bonds. The van der Waals surface area contributed by atoms with Crippen LogP contribution in [0.3, 0.4) is 0 Å². The van der Waals surface area contributed by atoms with Gasteiger partial charge in [0.1, 0.15) is 5.82 Å². The highest BCUT2D eigenvalue weighted by Crippen LogP contribution is 2.39. The predicted octanol–water partition coefficient (Wildman–Crippen LogP) is 2.49. The minimum atomic E-state index is -0.0525. The molecule has 2 aromatic rings. The second-order valence-electron chi connectivity index (χ2n) is 5.44. The number of allylic oxidation sites excluding steroid dienone is 1. The van der Waals surface area contributed by atoms with Crippen LogP contribution in [0.5, 0.6) is 0 Å². The number of aldehydes is 1. The van der Waals surface area contributed by atoms with Gasteiger partial charge in [-0.2, -0.15) is 14.9 Å². The average molecular weight is 311 g/mol. The van der Waals surface area contributed by atoms with E-state index in [-0.39, 0.29) is 5.25 Å². The number of carbonyl (C=O) groups excluding carboxylic acids is 1. The molecule has 0 spiro atoms. The molecule has 1 saturated carbocycles. The lowest BCUT2D eigenvalue weighted by molar-refractivity contribution is 0.112. The summed E-state index contributed by atoms with van der Waals surface area (Å²) in [6.07, 6.45) is 7.37. The van der Waals surface area contributed by atoms with E-state index < -0.39 is 0 Å². The molecule has 2 aromatic heterocycles. The van der Waals surface area contributed by atoms with Gasteiger partial charge in [0.05, 0.1) is 28.8 Å². The lowest BCUT2D eigenvalue weighted by Gasteiger charge is -2.10. The van der Waals surface area contributed by atoms with E-state index >= 15 is 0 Å². The summed E-state index contributed by atoms with van der Waals surface area (Å²) < 4.78 is 1.67. The molecular weight excluding hydrogens is 298 g/mol. The molecule has 1 fully saturated rings. The van der Waals surface area contributed by atoms with Crippen molar-refractivity contribution in [3.63, 3.8) is 0 Å². The topological polar surface area (TPSA) is 83.1 Å². The number of carbonyl (C=O) groups is 1. The van der Waals surface area contributed by atoms with E-state index in [0.29, 0.717) is 17.3 Å². The van der Waals surface area contributed by atoms with Gasteiger partial charge < -0.3 is 5.32 Å². The van der Waals surface area contributed by atoms with Crippen molar-refractivity contribution in [2.24, 2.45) is 0 Å². The molecule has 0 bridgehead atoms. The van der Waals surface area contributed by atoms with Crippen molar-refractivity contribution in [3.05, 3.63) is 29.6 Å². The van der Waals surface area contributed by atoms with Gasteiger partial charge in [-0.25, -0.2) is 4.98 Å². The fourth-order valence-corrected chi connectivity index (χ4v) is 3.41. The second-order valence-corrected chi connectivity index (χ2v) is 6.68. The summed E-state index contributed by atoms with van der Waals surface area (Å²) in [6, 6.07) is 4.69. The van der Waals surface area contributed by atoms with Crippen molar-refractivity contribution in [2.75, 3.05) is 5.32 Å². The largest absolute Gasteiger partial charge is 0.367 e. The Balaban J connectivity index is 1.81. The SMILES string of the molecule is N#CC1CC=C(c2cc(NC3CC3)n3ncc(C=O)c3n2)S1. The number of thioether (sulfide) groups is 1. The second kappa shape index (κ2) is 5.14. The summed E-state index contributed by atoms with van der Waals surface area (Å²) in [4.78, 5) is 16.7. The molecule has 1 unspecified atom stereocenters. The van der Waals surface area contributed by atoms with E-state index in [1.165, 1.54) is 18.0 Å². The molecule has 1 atom stereocenters. The van der Waals surface area contributed by atoms with Crippen molar-refractivity contribution in [1.82, 2.24) is 14.6 Å². The first-order chi connectivity index (χ1) is 10.8. The van der Waals surface area contributed by atoms with Crippen molar-refractivity contribution in [3.8, 4) is 6.07 Å². The summed E-state index contributed by atoms with van der Waals surface area (Å²) in [7, 11) is 0. The summed E-state index contributed by atoms with van der Waals surface area (Å²) in [5, 5.41) is 16.7. The van der Waals surface area contributed by atoms with Crippen molar-refractivity contribution in [2.45, 2.75) is 30.6 Å². The third kappa shape index (κ3) is 2.25. The summed E-state index contributed by atoms with van der Waals surface area (Å²) >= 11 is 1.52. The van der Waals surface area contributed by atoms with E-state index in [4.69, 9.17) is 5.26 Å². The van der Waals surface area contributed by atoms with Gasteiger partial charge in [-0.15, -0.1) is 11.8 Å². The molecule has 3 heterocycles. The molecule has 7 heteroatoms. The van der Waals surface area contributed by atoms with Crippen LogP contribution in [-0.2, 0) is 0 Å². The molecule has 110 valence electrons. The molecule has 2 aliphatic rings. The standard InChI is InChI=1S/C15H13N5OS/c16-6-11-3-4-13(22-11)12-5-14(18-10-1-2-10)20-15(19-12)9(8-21)7-17-20/h4-5,7-8,10-11,18H,1-3H2. The van der Waals surface area contributed by atoms with E-state index in [9.17, 15) is 4.79 Å². The monoisotopic (exact) mass is 311 g/mol. The summed E-state index contributed by atoms with van der Waals surface area (Å²) in [6.45, 7) is 0. The van der Waals surface area contributed by atoms with Gasteiger partial charge in [-0.3, -0.25) is 4.79 Å². The minimum Gasteiger partial charge on any atom is -0.367 e. The number of hydrogen-bond acceptors (Lipinski definition) is 6. The molecule has 1 aliphatic heterocycles. The zero-order valence-corrected chi connectivity index (χ0v) is 12.5. The van der Waals surface area contributed by atoms with Crippen molar-refractivity contribution >= 4 is 34.4 Å². The number of nitriles is 1. The van der Waals surface area contributed by atoms with Gasteiger partial charge >= 0.3 is 0 Å². The Labute approximate surface area is 131 Å². The Morgan fingerprint density at radius 2 is 2.36 bits per heavy atom. The molecule has 1 N–H and O–H groups in total. The fraction of sp³-hybridized carbons (Fsp3) is 0.333. The Hall–Kier alpha value is -2.33. The van der Waals surface area contributed by atoms with E-state index in [2.05, 4.69) is 21.5 Å².